The minimum Gasteiger partial charge on any atom is -0.484 e. The number of likely N-dealkylation sites (N-methyl/N-ethyl adjacent to an activating group) is 1. The highest BCUT2D eigenvalue weighted by molar-refractivity contribution is 14.0. The Morgan fingerprint density at radius 1 is 1.27 bits per heavy atom. The molecule has 0 radical (unpaired) electrons. The summed E-state index contributed by atoms with van der Waals surface area (Å²) in [6, 6.07) is 7.88. The molecular weight excluding hydrogens is 511 g/mol. The molecule has 2 fully saturated rings. The molecule has 1 saturated heterocycles. The molecule has 1 aliphatic heterocycles. The molecule has 0 aromatic heterocycles. The number of guanidine groups is 1. The number of hydrogen-bond acceptors (Lipinski definition) is 4. The number of aliphatic imine (C=N–C) groups is 1. The second-order valence-corrected chi connectivity index (χ2v) is 9.37. The third-order valence-electron chi connectivity index (χ3n) is 5.62. The number of halogens is 1. The molecule has 0 atom stereocenters. The zero-order valence-corrected chi connectivity index (χ0v) is 21.3. The van der Waals surface area contributed by atoms with Gasteiger partial charge in [-0.1, -0.05) is 31.4 Å². The van der Waals surface area contributed by atoms with E-state index in [0.29, 0.717) is 23.6 Å². The molecule has 2 N–H and O–H groups in total. The standard InChI is InChI=1S/C22H34N4O2S.HI/c1-3-24-20(27)16-28-19-9-7-8-18(14-19)15-25-21(23-2)26-12-13-29-22(17-26)10-5-4-6-11-22;/h7-9,14H,3-6,10-13,15-17H2,1-2H3,(H,23,25)(H,24,27);1H. The van der Waals surface area contributed by atoms with Crippen LogP contribution < -0.4 is 15.4 Å². The number of benzene rings is 1. The second-order valence-electron chi connectivity index (χ2n) is 7.80. The third kappa shape index (κ3) is 7.21. The van der Waals surface area contributed by atoms with Crippen molar-refractivity contribution in [3.63, 3.8) is 0 Å². The van der Waals surface area contributed by atoms with Gasteiger partial charge in [0.1, 0.15) is 5.75 Å². The molecule has 1 amide bonds. The van der Waals surface area contributed by atoms with Crippen molar-refractivity contribution in [2.24, 2.45) is 4.99 Å². The van der Waals surface area contributed by atoms with Gasteiger partial charge >= 0.3 is 0 Å². The van der Waals surface area contributed by atoms with Crippen LogP contribution in [0, 0.1) is 0 Å². The average molecular weight is 547 g/mol. The summed E-state index contributed by atoms with van der Waals surface area (Å²) in [7, 11) is 1.86. The fourth-order valence-electron chi connectivity index (χ4n) is 4.18. The molecule has 3 rings (SSSR count). The molecule has 1 aliphatic carbocycles. The van der Waals surface area contributed by atoms with Crippen molar-refractivity contribution in [1.82, 2.24) is 15.5 Å². The molecule has 1 aromatic carbocycles. The first-order valence-corrected chi connectivity index (χ1v) is 11.7. The van der Waals surface area contributed by atoms with Crippen LogP contribution >= 0.6 is 35.7 Å². The van der Waals surface area contributed by atoms with Gasteiger partial charge in [-0.15, -0.1) is 24.0 Å². The Hall–Kier alpha value is -1.16. The Morgan fingerprint density at radius 3 is 2.80 bits per heavy atom. The monoisotopic (exact) mass is 546 g/mol. The number of nitrogens with one attached hydrogen (secondary N) is 2. The fraction of sp³-hybridized carbons (Fsp3) is 0.636. The fourth-order valence-corrected chi connectivity index (χ4v) is 5.75. The van der Waals surface area contributed by atoms with E-state index in [1.807, 2.05) is 32.2 Å². The van der Waals surface area contributed by atoms with E-state index in [2.05, 4.69) is 38.4 Å². The zero-order chi connectivity index (χ0) is 20.5. The Balaban J connectivity index is 0.00000320. The number of hydrogen-bond donors (Lipinski definition) is 2. The summed E-state index contributed by atoms with van der Waals surface area (Å²) in [5, 5.41) is 6.26. The van der Waals surface area contributed by atoms with Gasteiger partial charge in [-0.2, -0.15) is 11.8 Å². The van der Waals surface area contributed by atoms with Gasteiger partial charge in [-0.05, 0) is 37.5 Å². The lowest BCUT2D eigenvalue weighted by Gasteiger charge is -2.45. The van der Waals surface area contributed by atoms with E-state index >= 15 is 0 Å². The first-order valence-electron chi connectivity index (χ1n) is 10.7. The van der Waals surface area contributed by atoms with Gasteiger partial charge in [0, 0.05) is 43.7 Å². The van der Waals surface area contributed by atoms with Gasteiger partial charge in [0.05, 0.1) is 0 Å². The van der Waals surface area contributed by atoms with Crippen LogP contribution in [-0.2, 0) is 11.3 Å². The van der Waals surface area contributed by atoms with Crippen molar-refractivity contribution in [3.05, 3.63) is 29.8 Å². The number of carbonyl (C=O) groups excluding carboxylic acids is 1. The van der Waals surface area contributed by atoms with E-state index in [0.717, 1.165) is 24.6 Å². The normalized spacial score (nSPS) is 18.5. The van der Waals surface area contributed by atoms with E-state index in [1.54, 1.807) is 0 Å². The van der Waals surface area contributed by atoms with E-state index in [9.17, 15) is 4.79 Å². The molecule has 2 aliphatic rings. The lowest BCUT2D eigenvalue weighted by atomic mass is 9.87. The van der Waals surface area contributed by atoms with Crippen LogP contribution in [0.3, 0.4) is 0 Å². The number of rotatable bonds is 6. The van der Waals surface area contributed by atoms with Gasteiger partial charge in [0.15, 0.2) is 12.6 Å². The second kappa shape index (κ2) is 12.6. The van der Waals surface area contributed by atoms with Crippen LogP contribution in [0.15, 0.2) is 29.3 Å². The molecule has 6 nitrogen and oxygen atoms in total. The number of ether oxygens (including phenoxy) is 1. The maximum Gasteiger partial charge on any atom is 0.257 e. The van der Waals surface area contributed by atoms with E-state index in [4.69, 9.17) is 4.74 Å². The molecule has 0 bridgehead atoms. The average Bonchev–Trinajstić information content (AvgIpc) is 2.74. The molecular formula is C22H35IN4O2S. The Morgan fingerprint density at radius 2 is 2.07 bits per heavy atom. The molecule has 168 valence electrons. The summed E-state index contributed by atoms with van der Waals surface area (Å²) in [6.07, 6.45) is 6.76. The maximum absolute atomic E-state index is 11.6. The molecule has 1 heterocycles. The summed E-state index contributed by atoms with van der Waals surface area (Å²) in [6.45, 7) is 5.37. The highest BCUT2D eigenvalue weighted by atomic mass is 127. The Kier molecular flexibility index (Phi) is 10.6. The third-order valence-corrected chi connectivity index (χ3v) is 7.15. The first kappa shape index (κ1) is 25.1. The molecule has 1 spiro atoms. The smallest absolute Gasteiger partial charge is 0.257 e. The van der Waals surface area contributed by atoms with Crippen molar-refractivity contribution in [1.29, 1.82) is 0 Å². The predicted octanol–water partition coefficient (Wildman–Crippen LogP) is 3.65. The topological polar surface area (TPSA) is 66.0 Å². The quantitative estimate of drug-likeness (QED) is 0.324. The molecule has 1 aromatic rings. The van der Waals surface area contributed by atoms with E-state index in [1.165, 1.54) is 37.9 Å². The number of thioether (sulfide) groups is 1. The van der Waals surface area contributed by atoms with E-state index < -0.39 is 0 Å². The van der Waals surface area contributed by atoms with Gasteiger partial charge < -0.3 is 20.3 Å². The van der Waals surface area contributed by atoms with Gasteiger partial charge in [-0.3, -0.25) is 9.79 Å². The Bertz CT molecular complexity index is 705. The van der Waals surface area contributed by atoms with Crippen molar-refractivity contribution in [2.75, 3.05) is 39.0 Å². The Labute approximate surface area is 202 Å². The van der Waals surface area contributed by atoms with Crippen LogP contribution in [0.4, 0.5) is 0 Å². The highest BCUT2D eigenvalue weighted by Gasteiger charge is 2.38. The lowest BCUT2D eigenvalue weighted by molar-refractivity contribution is -0.122. The van der Waals surface area contributed by atoms with Crippen LogP contribution in [0.25, 0.3) is 0 Å². The van der Waals surface area contributed by atoms with Gasteiger partial charge in [-0.25, -0.2) is 0 Å². The SMILES string of the molecule is CCNC(=O)COc1cccc(CNC(=NC)N2CCSC3(CCCCC3)C2)c1.I. The summed E-state index contributed by atoms with van der Waals surface area (Å²) in [5.74, 6) is 2.75. The van der Waals surface area contributed by atoms with Crippen LogP contribution in [0.1, 0.15) is 44.6 Å². The minimum atomic E-state index is -0.101. The van der Waals surface area contributed by atoms with E-state index in [-0.39, 0.29) is 36.5 Å². The van der Waals surface area contributed by atoms with Gasteiger partial charge in [0.25, 0.3) is 5.91 Å². The summed E-state index contributed by atoms with van der Waals surface area (Å²) >= 11 is 2.17. The van der Waals surface area contributed by atoms with Crippen molar-refractivity contribution < 1.29 is 9.53 Å². The summed E-state index contributed by atoms with van der Waals surface area (Å²) < 4.78 is 6.02. The number of amides is 1. The lowest BCUT2D eigenvalue weighted by Crippen LogP contribution is -2.53. The minimum absolute atomic E-state index is 0. The van der Waals surface area contributed by atoms with Crippen molar-refractivity contribution in [2.45, 2.75) is 50.3 Å². The zero-order valence-electron chi connectivity index (χ0n) is 18.1. The van der Waals surface area contributed by atoms with Crippen LogP contribution in [0.2, 0.25) is 0 Å². The van der Waals surface area contributed by atoms with Crippen molar-refractivity contribution >= 4 is 47.6 Å². The number of carbonyl (C=O) groups is 1. The highest BCUT2D eigenvalue weighted by Crippen LogP contribution is 2.42. The molecule has 30 heavy (non-hydrogen) atoms. The maximum atomic E-state index is 11.6. The number of nitrogens with zero attached hydrogens (tertiary/aromatic N) is 2. The van der Waals surface area contributed by atoms with Gasteiger partial charge in [0.2, 0.25) is 0 Å². The van der Waals surface area contributed by atoms with Crippen LogP contribution in [-0.4, -0.2) is 60.6 Å². The largest absolute Gasteiger partial charge is 0.484 e. The summed E-state index contributed by atoms with van der Waals surface area (Å²) in [5.41, 5.74) is 1.11. The molecule has 8 heteroatoms. The first-order chi connectivity index (χ1) is 14.1. The predicted molar refractivity (Wildman–Crippen MR) is 136 cm³/mol. The van der Waals surface area contributed by atoms with Crippen LogP contribution in [0.5, 0.6) is 5.75 Å². The van der Waals surface area contributed by atoms with Crippen molar-refractivity contribution in [3.8, 4) is 5.75 Å². The molecule has 1 saturated carbocycles. The summed E-state index contributed by atoms with van der Waals surface area (Å²) in [4.78, 5) is 18.6. The molecule has 0 unspecified atom stereocenters.